The zero-order chi connectivity index (χ0) is 10.8. The summed E-state index contributed by atoms with van der Waals surface area (Å²) in [4.78, 5) is 24.8. The third kappa shape index (κ3) is 2.12. The second-order valence-electron chi connectivity index (χ2n) is 4.32. The summed E-state index contributed by atoms with van der Waals surface area (Å²) in [5.41, 5.74) is 0. The molecule has 0 spiro atoms. The molecule has 84 valence electrons. The number of hydrogen-bond donors (Lipinski definition) is 2. The fourth-order valence-electron chi connectivity index (χ4n) is 1.98. The van der Waals surface area contributed by atoms with Crippen LogP contribution in [0, 0.1) is 11.8 Å². The zero-order valence-electron chi connectivity index (χ0n) is 8.95. The first kappa shape index (κ1) is 10.4. The smallest absolute Gasteiger partial charge is 0.239 e. The Bertz CT molecular complexity index is 276. The molecular formula is C10H17N3O2. The van der Waals surface area contributed by atoms with Gasteiger partial charge in [-0.25, -0.2) is 0 Å². The molecule has 2 amide bonds. The summed E-state index contributed by atoms with van der Waals surface area (Å²) >= 11 is 0. The van der Waals surface area contributed by atoms with E-state index in [4.69, 9.17) is 0 Å². The molecule has 5 nitrogen and oxygen atoms in total. The van der Waals surface area contributed by atoms with E-state index in [1.807, 2.05) is 6.92 Å². The Labute approximate surface area is 89.2 Å². The van der Waals surface area contributed by atoms with Gasteiger partial charge < -0.3 is 15.5 Å². The van der Waals surface area contributed by atoms with E-state index in [9.17, 15) is 9.59 Å². The standard InChI is InChI=1S/C10H17N3O2/c1-7(8-4-11-5-8)10(15)13-3-2-12-9(14)6-13/h7-8,11H,2-6H2,1H3,(H,12,14). The lowest BCUT2D eigenvalue weighted by Gasteiger charge is -2.36. The monoisotopic (exact) mass is 211 g/mol. The third-order valence-electron chi connectivity index (χ3n) is 3.26. The first-order valence-corrected chi connectivity index (χ1v) is 5.44. The van der Waals surface area contributed by atoms with E-state index in [0.29, 0.717) is 19.0 Å². The van der Waals surface area contributed by atoms with Crippen LogP contribution >= 0.6 is 0 Å². The molecule has 2 rings (SSSR count). The highest BCUT2D eigenvalue weighted by Crippen LogP contribution is 2.18. The largest absolute Gasteiger partial charge is 0.353 e. The molecule has 0 aromatic rings. The second-order valence-corrected chi connectivity index (χ2v) is 4.32. The molecule has 2 N–H and O–H groups in total. The summed E-state index contributed by atoms with van der Waals surface area (Å²) in [5.74, 6) is 0.560. The van der Waals surface area contributed by atoms with Crippen molar-refractivity contribution in [2.45, 2.75) is 6.92 Å². The maximum absolute atomic E-state index is 12.0. The zero-order valence-corrected chi connectivity index (χ0v) is 8.95. The van der Waals surface area contributed by atoms with Crippen LogP contribution in [0.15, 0.2) is 0 Å². The van der Waals surface area contributed by atoms with Crippen LogP contribution < -0.4 is 10.6 Å². The van der Waals surface area contributed by atoms with Gasteiger partial charge in [-0.15, -0.1) is 0 Å². The number of carbonyl (C=O) groups is 2. The number of piperazine rings is 1. The molecule has 2 saturated heterocycles. The van der Waals surface area contributed by atoms with Crippen molar-refractivity contribution in [3.05, 3.63) is 0 Å². The van der Waals surface area contributed by atoms with Gasteiger partial charge in [0.2, 0.25) is 11.8 Å². The number of rotatable bonds is 2. The molecule has 0 saturated carbocycles. The van der Waals surface area contributed by atoms with E-state index >= 15 is 0 Å². The average molecular weight is 211 g/mol. The molecule has 1 atom stereocenters. The Balaban J connectivity index is 1.90. The molecule has 0 aromatic carbocycles. The molecule has 2 fully saturated rings. The van der Waals surface area contributed by atoms with Crippen LogP contribution in [-0.4, -0.2) is 49.4 Å². The van der Waals surface area contributed by atoms with Crippen molar-refractivity contribution in [3.63, 3.8) is 0 Å². The molecule has 15 heavy (non-hydrogen) atoms. The highest BCUT2D eigenvalue weighted by molar-refractivity contribution is 5.87. The van der Waals surface area contributed by atoms with Crippen LogP contribution in [0.3, 0.4) is 0 Å². The topological polar surface area (TPSA) is 61.4 Å². The molecule has 0 radical (unpaired) electrons. The number of nitrogens with zero attached hydrogens (tertiary/aromatic N) is 1. The van der Waals surface area contributed by atoms with Gasteiger partial charge >= 0.3 is 0 Å². The van der Waals surface area contributed by atoms with Gasteiger partial charge in [0.15, 0.2) is 0 Å². The minimum atomic E-state index is -0.0477. The van der Waals surface area contributed by atoms with Crippen LogP contribution in [-0.2, 0) is 9.59 Å². The van der Waals surface area contributed by atoms with Crippen molar-refractivity contribution in [2.75, 3.05) is 32.7 Å². The number of nitrogens with one attached hydrogen (secondary N) is 2. The van der Waals surface area contributed by atoms with E-state index < -0.39 is 0 Å². The van der Waals surface area contributed by atoms with E-state index in [2.05, 4.69) is 10.6 Å². The van der Waals surface area contributed by atoms with E-state index in [1.165, 1.54) is 0 Å². The molecule has 5 heteroatoms. The van der Waals surface area contributed by atoms with Crippen molar-refractivity contribution < 1.29 is 9.59 Å². The SMILES string of the molecule is CC(C(=O)N1CCNC(=O)C1)C1CNC1. The predicted molar refractivity (Wildman–Crippen MR) is 55.1 cm³/mol. The molecule has 0 aromatic heterocycles. The number of amides is 2. The van der Waals surface area contributed by atoms with Gasteiger partial charge in [0.05, 0.1) is 6.54 Å². The third-order valence-corrected chi connectivity index (χ3v) is 3.26. The van der Waals surface area contributed by atoms with Crippen molar-refractivity contribution in [3.8, 4) is 0 Å². The van der Waals surface area contributed by atoms with E-state index in [0.717, 1.165) is 13.1 Å². The first-order chi connectivity index (χ1) is 7.18. The van der Waals surface area contributed by atoms with Crippen molar-refractivity contribution >= 4 is 11.8 Å². The van der Waals surface area contributed by atoms with Gasteiger partial charge in [0.25, 0.3) is 0 Å². The van der Waals surface area contributed by atoms with E-state index in [1.54, 1.807) is 4.90 Å². The van der Waals surface area contributed by atoms with Crippen LogP contribution in [0.25, 0.3) is 0 Å². The summed E-state index contributed by atoms with van der Waals surface area (Å²) < 4.78 is 0. The maximum Gasteiger partial charge on any atom is 0.239 e. The minimum Gasteiger partial charge on any atom is -0.353 e. The van der Waals surface area contributed by atoms with Crippen molar-refractivity contribution in [1.82, 2.24) is 15.5 Å². The quantitative estimate of drug-likeness (QED) is 0.603. The van der Waals surface area contributed by atoms with Gasteiger partial charge in [-0.1, -0.05) is 6.92 Å². The van der Waals surface area contributed by atoms with Crippen molar-refractivity contribution in [2.24, 2.45) is 11.8 Å². The van der Waals surface area contributed by atoms with Gasteiger partial charge in [0, 0.05) is 19.0 Å². The van der Waals surface area contributed by atoms with Crippen LogP contribution in [0.4, 0.5) is 0 Å². The molecule has 1 unspecified atom stereocenters. The fraction of sp³-hybridized carbons (Fsp3) is 0.800. The maximum atomic E-state index is 12.0. The summed E-state index contributed by atoms with van der Waals surface area (Å²) in [6, 6.07) is 0. The van der Waals surface area contributed by atoms with E-state index in [-0.39, 0.29) is 24.3 Å². The molecular weight excluding hydrogens is 194 g/mol. The van der Waals surface area contributed by atoms with Crippen LogP contribution in [0.5, 0.6) is 0 Å². The fourth-order valence-corrected chi connectivity index (χ4v) is 1.98. The molecule has 0 aliphatic carbocycles. The highest BCUT2D eigenvalue weighted by atomic mass is 16.2. The summed E-state index contributed by atoms with van der Waals surface area (Å²) in [5, 5.41) is 5.88. The lowest BCUT2D eigenvalue weighted by molar-refractivity contribution is -0.142. The second kappa shape index (κ2) is 4.18. The molecule has 0 bridgehead atoms. The lowest BCUT2D eigenvalue weighted by atomic mass is 9.88. The Morgan fingerprint density at radius 1 is 1.53 bits per heavy atom. The van der Waals surface area contributed by atoms with Crippen LogP contribution in [0.1, 0.15) is 6.92 Å². The Morgan fingerprint density at radius 3 is 2.80 bits per heavy atom. The van der Waals surface area contributed by atoms with Gasteiger partial charge in [0.1, 0.15) is 0 Å². The minimum absolute atomic E-state index is 0.0390. The Hall–Kier alpha value is -1.10. The van der Waals surface area contributed by atoms with Gasteiger partial charge in [-0.2, -0.15) is 0 Å². The summed E-state index contributed by atoms with van der Waals surface area (Å²) in [6.07, 6.45) is 0. The lowest BCUT2D eigenvalue weighted by Crippen LogP contribution is -2.55. The normalized spacial score (nSPS) is 24.3. The average Bonchev–Trinajstić information content (AvgIpc) is 2.14. The highest BCUT2D eigenvalue weighted by Gasteiger charge is 2.32. The van der Waals surface area contributed by atoms with Crippen LogP contribution in [0.2, 0.25) is 0 Å². The molecule has 2 aliphatic heterocycles. The van der Waals surface area contributed by atoms with Gasteiger partial charge in [-0.05, 0) is 19.0 Å². The number of carbonyl (C=O) groups excluding carboxylic acids is 2. The molecule has 2 aliphatic rings. The Kier molecular flexibility index (Phi) is 2.90. The predicted octanol–water partition coefficient (Wildman–Crippen LogP) is -1.20. The molecule has 2 heterocycles. The first-order valence-electron chi connectivity index (χ1n) is 5.44. The Morgan fingerprint density at radius 2 is 2.27 bits per heavy atom. The number of hydrogen-bond acceptors (Lipinski definition) is 3. The summed E-state index contributed by atoms with van der Waals surface area (Å²) in [7, 11) is 0. The summed E-state index contributed by atoms with van der Waals surface area (Å²) in [6.45, 7) is 5.26. The van der Waals surface area contributed by atoms with Crippen molar-refractivity contribution in [1.29, 1.82) is 0 Å². The van der Waals surface area contributed by atoms with Gasteiger partial charge in [-0.3, -0.25) is 9.59 Å².